The number of pyridine rings is 1. The summed E-state index contributed by atoms with van der Waals surface area (Å²) in [7, 11) is 0. The van der Waals surface area contributed by atoms with E-state index in [4.69, 9.17) is 4.74 Å². The minimum atomic E-state index is -0.926. The zero-order valence-corrected chi connectivity index (χ0v) is 15.7. The molecule has 7 heteroatoms. The van der Waals surface area contributed by atoms with Crippen molar-refractivity contribution in [3.8, 4) is 0 Å². The summed E-state index contributed by atoms with van der Waals surface area (Å²) in [5, 5.41) is 7.96. The predicted molar refractivity (Wildman–Crippen MR) is 105 cm³/mol. The smallest absolute Gasteiger partial charge is 0.340 e. The summed E-state index contributed by atoms with van der Waals surface area (Å²) in [5.41, 5.74) is 1.73. The molecule has 0 bridgehead atoms. The van der Waals surface area contributed by atoms with Crippen LogP contribution in [0.3, 0.4) is 0 Å². The number of para-hydroxylation sites is 1. The Bertz CT molecular complexity index is 993. The Morgan fingerprint density at radius 2 is 1.93 bits per heavy atom. The summed E-state index contributed by atoms with van der Waals surface area (Å²) in [5.74, 6) is -0.971. The van der Waals surface area contributed by atoms with Crippen molar-refractivity contribution in [3.05, 3.63) is 54.4 Å². The van der Waals surface area contributed by atoms with Gasteiger partial charge in [0, 0.05) is 17.3 Å². The lowest BCUT2D eigenvalue weighted by molar-refractivity contribution is -0.123. The summed E-state index contributed by atoms with van der Waals surface area (Å²) in [6.45, 7) is 1.54. The first kappa shape index (κ1) is 18.2. The van der Waals surface area contributed by atoms with Gasteiger partial charge in [-0.3, -0.25) is 4.79 Å². The fourth-order valence-corrected chi connectivity index (χ4v) is 3.52. The summed E-state index contributed by atoms with van der Waals surface area (Å²) in [6, 6.07) is 11.1. The Morgan fingerprint density at radius 1 is 1.18 bits per heavy atom. The van der Waals surface area contributed by atoms with Crippen molar-refractivity contribution in [2.75, 3.05) is 5.32 Å². The third-order valence-electron chi connectivity index (χ3n) is 5.03. The number of anilines is 1. The Labute approximate surface area is 162 Å². The van der Waals surface area contributed by atoms with E-state index < -0.39 is 12.1 Å². The van der Waals surface area contributed by atoms with Gasteiger partial charge in [-0.05, 0) is 38.0 Å². The van der Waals surface area contributed by atoms with Crippen molar-refractivity contribution in [2.45, 2.75) is 44.8 Å². The molecule has 0 saturated heterocycles. The zero-order chi connectivity index (χ0) is 19.5. The molecule has 1 fully saturated rings. The van der Waals surface area contributed by atoms with Gasteiger partial charge in [0.05, 0.1) is 17.8 Å². The first-order chi connectivity index (χ1) is 13.6. The van der Waals surface area contributed by atoms with E-state index in [9.17, 15) is 9.59 Å². The Balaban J connectivity index is 1.44. The molecule has 2 heterocycles. The standard InChI is InChI=1S/C21H22N4O3/c1-14(20(26)24-17-7-3-2-4-8-17)28-21(27)16-11-15-13-23-25(19(15)22-12-16)18-9-5-6-10-18/h2-4,7-8,11-14,18H,5-6,9-10H2,1H3,(H,24,26). The van der Waals surface area contributed by atoms with Gasteiger partial charge in [0.25, 0.3) is 5.91 Å². The fraction of sp³-hybridized carbons (Fsp3) is 0.333. The maximum Gasteiger partial charge on any atom is 0.340 e. The quantitative estimate of drug-likeness (QED) is 0.684. The Kier molecular flexibility index (Phi) is 5.06. The van der Waals surface area contributed by atoms with Crippen LogP contribution in [0.4, 0.5) is 5.69 Å². The lowest BCUT2D eigenvalue weighted by Crippen LogP contribution is -2.30. The second kappa shape index (κ2) is 7.80. The van der Waals surface area contributed by atoms with Crippen LogP contribution in [0.2, 0.25) is 0 Å². The van der Waals surface area contributed by atoms with Crippen LogP contribution in [0.5, 0.6) is 0 Å². The number of ether oxygens (including phenoxy) is 1. The number of carbonyl (C=O) groups excluding carboxylic acids is 2. The number of benzene rings is 1. The van der Waals surface area contributed by atoms with E-state index >= 15 is 0 Å². The summed E-state index contributed by atoms with van der Waals surface area (Å²) < 4.78 is 7.26. The van der Waals surface area contributed by atoms with Crippen LogP contribution in [0, 0.1) is 0 Å². The molecule has 1 atom stereocenters. The molecule has 1 aliphatic rings. The Morgan fingerprint density at radius 3 is 2.68 bits per heavy atom. The SMILES string of the molecule is CC(OC(=O)c1cnc2c(cnn2C2CCCC2)c1)C(=O)Nc1ccccc1. The van der Waals surface area contributed by atoms with Crippen LogP contribution in [-0.4, -0.2) is 32.7 Å². The van der Waals surface area contributed by atoms with Crippen LogP contribution >= 0.6 is 0 Å². The normalized spacial score (nSPS) is 15.5. The van der Waals surface area contributed by atoms with E-state index in [-0.39, 0.29) is 5.91 Å². The van der Waals surface area contributed by atoms with Gasteiger partial charge in [0.2, 0.25) is 0 Å². The van der Waals surface area contributed by atoms with Gasteiger partial charge in [-0.25, -0.2) is 14.5 Å². The average molecular weight is 378 g/mol. The summed E-state index contributed by atoms with van der Waals surface area (Å²) in [4.78, 5) is 29.1. The van der Waals surface area contributed by atoms with Gasteiger partial charge in [0.15, 0.2) is 11.8 Å². The lowest BCUT2D eigenvalue weighted by Gasteiger charge is -2.14. The molecule has 1 N–H and O–H groups in total. The van der Waals surface area contributed by atoms with Crippen molar-refractivity contribution < 1.29 is 14.3 Å². The van der Waals surface area contributed by atoms with Crippen molar-refractivity contribution in [2.24, 2.45) is 0 Å². The summed E-state index contributed by atoms with van der Waals surface area (Å²) >= 11 is 0. The molecule has 144 valence electrons. The molecule has 1 aromatic carbocycles. The van der Waals surface area contributed by atoms with E-state index in [0.29, 0.717) is 17.3 Å². The molecule has 3 aromatic rings. The molecule has 1 unspecified atom stereocenters. The monoisotopic (exact) mass is 378 g/mol. The van der Waals surface area contributed by atoms with Gasteiger partial charge >= 0.3 is 5.97 Å². The van der Waals surface area contributed by atoms with Crippen LogP contribution in [0.1, 0.15) is 49.0 Å². The molecule has 1 saturated carbocycles. The van der Waals surface area contributed by atoms with Crippen LogP contribution in [0.15, 0.2) is 48.8 Å². The van der Waals surface area contributed by atoms with Crippen molar-refractivity contribution in [1.82, 2.24) is 14.8 Å². The Hall–Kier alpha value is -3.22. The molecule has 0 spiro atoms. The molecule has 1 amide bonds. The number of aromatic nitrogens is 3. The number of rotatable bonds is 5. The van der Waals surface area contributed by atoms with Gasteiger partial charge < -0.3 is 10.1 Å². The first-order valence-corrected chi connectivity index (χ1v) is 9.52. The number of hydrogen-bond acceptors (Lipinski definition) is 5. The zero-order valence-electron chi connectivity index (χ0n) is 15.7. The molecule has 4 rings (SSSR count). The number of amides is 1. The number of esters is 1. The van der Waals surface area contributed by atoms with Gasteiger partial charge in [-0.1, -0.05) is 31.0 Å². The largest absolute Gasteiger partial charge is 0.449 e. The highest BCUT2D eigenvalue weighted by Crippen LogP contribution is 2.31. The summed E-state index contributed by atoms with van der Waals surface area (Å²) in [6.07, 6.45) is 6.91. The highest BCUT2D eigenvalue weighted by atomic mass is 16.5. The molecule has 7 nitrogen and oxygen atoms in total. The van der Waals surface area contributed by atoms with E-state index in [1.165, 1.54) is 19.0 Å². The second-order valence-corrected chi connectivity index (χ2v) is 7.07. The fourth-order valence-electron chi connectivity index (χ4n) is 3.52. The van der Waals surface area contributed by atoms with Crippen LogP contribution in [-0.2, 0) is 9.53 Å². The third-order valence-corrected chi connectivity index (χ3v) is 5.03. The van der Waals surface area contributed by atoms with E-state index in [0.717, 1.165) is 23.9 Å². The molecule has 0 radical (unpaired) electrons. The molecular weight excluding hydrogens is 356 g/mol. The number of carbonyl (C=O) groups is 2. The van der Waals surface area contributed by atoms with E-state index in [2.05, 4.69) is 15.4 Å². The molecule has 2 aromatic heterocycles. The molecule has 0 aliphatic heterocycles. The minimum Gasteiger partial charge on any atom is -0.449 e. The third kappa shape index (κ3) is 3.74. The topological polar surface area (TPSA) is 86.1 Å². The van der Waals surface area contributed by atoms with Gasteiger partial charge in [0.1, 0.15) is 0 Å². The number of fused-ring (bicyclic) bond motifs is 1. The van der Waals surface area contributed by atoms with Crippen LogP contribution < -0.4 is 5.32 Å². The average Bonchev–Trinajstić information content (AvgIpc) is 3.37. The predicted octanol–water partition coefficient (Wildman–Crippen LogP) is 3.73. The first-order valence-electron chi connectivity index (χ1n) is 9.52. The highest BCUT2D eigenvalue weighted by Gasteiger charge is 2.22. The lowest BCUT2D eigenvalue weighted by atomic mass is 10.2. The second-order valence-electron chi connectivity index (χ2n) is 7.07. The van der Waals surface area contributed by atoms with E-state index in [1.54, 1.807) is 31.3 Å². The number of hydrogen-bond donors (Lipinski definition) is 1. The molecular formula is C21H22N4O3. The number of nitrogens with one attached hydrogen (secondary N) is 1. The van der Waals surface area contributed by atoms with Crippen molar-refractivity contribution >= 4 is 28.6 Å². The maximum atomic E-state index is 12.4. The minimum absolute atomic E-state index is 0.304. The molecule has 1 aliphatic carbocycles. The van der Waals surface area contributed by atoms with E-state index in [1.807, 2.05) is 22.9 Å². The van der Waals surface area contributed by atoms with Crippen molar-refractivity contribution in [3.63, 3.8) is 0 Å². The van der Waals surface area contributed by atoms with Crippen LogP contribution in [0.25, 0.3) is 11.0 Å². The maximum absolute atomic E-state index is 12.4. The van der Waals surface area contributed by atoms with Gasteiger partial charge in [-0.15, -0.1) is 0 Å². The molecule has 28 heavy (non-hydrogen) atoms. The highest BCUT2D eigenvalue weighted by molar-refractivity contribution is 5.98. The van der Waals surface area contributed by atoms with Crippen molar-refractivity contribution in [1.29, 1.82) is 0 Å². The van der Waals surface area contributed by atoms with Gasteiger partial charge in [-0.2, -0.15) is 5.10 Å². The number of nitrogens with zero attached hydrogens (tertiary/aromatic N) is 3.